The zero-order valence-corrected chi connectivity index (χ0v) is 23.6. The number of nitrogens with zero attached hydrogens (tertiary/aromatic N) is 1. The zero-order chi connectivity index (χ0) is 28.5. The number of amides is 1. The summed E-state index contributed by atoms with van der Waals surface area (Å²) < 4.78 is 0. The largest absolute Gasteiger partial charge is 0.481 e. The fourth-order valence-corrected chi connectivity index (χ4v) is 4.92. The molecule has 0 bridgehead atoms. The lowest BCUT2D eigenvalue weighted by Gasteiger charge is -2.30. The van der Waals surface area contributed by atoms with Crippen LogP contribution in [-0.2, 0) is 11.3 Å². The van der Waals surface area contributed by atoms with Gasteiger partial charge in [-0.25, -0.2) is 0 Å². The van der Waals surface area contributed by atoms with Crippen LogP contribution in [0.25, 0.3) is 5.57 Å². The molecule has 1 unspecified atom stereocenters. The molecular weight excluding hydrogens is 522 g/mol. The van der Waals surface area contributed by atoms with E-state index in [1.165, 1.54) is 24.0 Å². The average Bonchev–Trinajstić information content (AvgIpc) is 2.97. The molecule has 0 spiro atoms. The monoisotopic (exact) mass is 557 g/mol. The van der Waals surface area contributed by atoms with E-state index in [-0.39, 0.29) is 24.9 Å². The number of allylic oxidation sites excluding steroid dienone is 2. The van der Waals surface area contributed by atoms with Gasteiger partial charge in [0, 0.05) is 35.4 Å². The zero-order valence-electron chi connectivity index (χ0n) is 22.8. The first-order valence-corrected chi connectivity index (χ1v) is 14.0. The predicted molar refractivity (Wildman–Crippen MR) is 162 cm³/mol. The molecule has 3 N–H and O–H groups in total. The van der Waals surface area contributed by atoms with E-state index in [0.29, 0.717) is 17.1 Å². The summed E-state index contributed by atoms with van der Waals surface area (Å²) in [6.45, 7) is 7.10. The Morgan fingerprint density at radius 2 is 1.70 bits per heavy atom. The number of nitrogens with one attached hydrogen (secondary N) is 2. The van der Waals surface area contributed by atoms with E-state index in [1.807, 2.05) is 36.4 Å². The number of anilines is 1. The van der Waals surface area contributed by atoms with E-state index < -0.39 is 5.97 Å². The highest BCUT2D eigenvalue weighted by molar-refractivity contribution is 6.30. The Kier molecular flexibility index (Phi) is 10.0. The number of hydrogen-bond acceptors (Lipinski definition) is 4. The van der Waals surface area contributed by atoms with Crippen LogP contribution in [0, 0.1) is 0 Å². The molecule has 4 rings (SSSR count). The minimum atomic E-state index is -0.946. The minimum absolute atomic E-state index is 0.0100. The molecule has 7 heteroatoms. The Morgan fingerprint density at radius 3 is 2.33 bits per heavy atom. The molecule has 3 aromatic carbocycles. The number of carbonyl (C=O) groups excluding carboxylic acids is 1. The fraction of sp³-hybridized carbons (Fsp3) is 0.273. The summed E-state index contributed by atoms with van der Waals surface area (Å²) in [5.41, 5.74) is 6.27. The maximum Gasteiger partial charge on any atom is 0.305 e. The molecule has 1 aliphatic rings. The van der Waals surface area contributed by atoms with Gasteiger partial charge in [-0.3, -0.25) is 9.59 Å². The summed E-state index contributed by atoms with van der Waals surface area (Å²) in [5, 5.41) is 15.7. The van der Waals surface area contributed by atoms with Crippen molar-refractivity contribution in [2.45, 2.75) is 51.6 Å². The Labute approximate surface area is 241 Å². The molecule has 0 aromatic heterocycles. The van der Waals surface area contributed by atoms with Gasteiger partial charge in [0.1, 0.15) is 0 Å². The van der Waals surface area contributed by atoms with Crippen molar-refractivity contribution in [1.82, 2.24) is 10.6 Å². The average molecular weight is 558 g/mol. The first-order valence-electron chi connectivity index (χ1n) is 13.7. The van der Waals surface area contributed by atoms with Crippen LogP contribution in [0.2, 0.25) is 5.02 Å². The van der Waals surface area contributed by atoms with Gasteiger partial charge < -0.3 is 20.6 Å². The normalized spacial score (nSPS) is 13.6. The van der Waals surface area contributed by atoms with Crippen molar-refractivity contribution in [3.05, 3.63) is 119 Å². The number of halogens is 1. The maximum atomic E-state index is 12.4. The van der Waals surface area contributed by atoms with Crippen LogP contribution in [0.4, 0.5) is 5.69 Å². The molecule has 40 heavy (non-hydrogen) atoms. The number of hydrogen-bond donors (Lipinski definition) is 3. The lowest BCUT2D eigenvalue weighted by molar-refractivity contribution is -0.136. The van der Waals surface area contributed by atoms with Gasteiger partial charge >= 0.3 is 5.97 Å². The first-order chi connectivity index (χ1) is 19.3. The summed E-state index contributed by atoms with van der Waals surface area (Å²) in [5.74, 6) is -0.485. The molecule has 0 fully saturated rings. The molecule has 6 nitrogen and oxygen atoms in total. The fourth-order valence-electron chi connectivity index (χ4n) is 4.79. The molecule has 0 saturated heterocycles. The molecule has 0 heterocycles. The van der Waals surface area contributed by atoms with Crippen LogP contribution in [0.3, 0.4) is 0 Å². The van der Waals surface area contributed by atoms with Gasteiger partial charge in [-0.1, -0.05) is 60.7 Å². The Bertz CT molecular complexity index is 1350. The number of carboxylic acids is 1. The molecular formula is C33H36ClN3O3. The smallest absolute Gasteiger partial charge is 0.305 e. The van der Waals surface area contributed by atoms with E-state index >= 15 is 0 Å². The van der Waals surface area contributed by atoms with Gasteiger partial charge in [0.05, 0.1) is 12.2 Å². The molecule has 0 aliphatic heterocycles. The molecule has 3 aromatic rings. The van der Waals surface area contributed by atoms with E-state index in [9.17, 15) is 9.59 Å². The summed E-state index contributed by atoms with van der Waals surface area (Å²) in [4.78, 5) is 25.2. The van der Waals surface area contributed by atoms with Crippen molar-refractivity contribution < 1.29 is 14.7 Å². The van der Waals surface area contributed by atoms with Crippen LogP contribution >= 0.6 is 11.6 Å². The van der Waals surface area contributed by atoms with E-state index in [0.717, 1.165) is 35.5 Å². The molecule has 208 valence electrons. The van der Waals surface area contributed by atoms with Crippen LogP contribution in [0.15, 0.2) is 91.3 Å². The lowest BCUT2D eigenvalue weighted by Crippen LogP contribution is -2.32. The third-order valence-corrected chi connectivity index (χ3v) is 7.35. The van der Waals surface area contributed by atoms with Crippen LogP contribution in [0.5, 0.6) is 0 Å². The Hall–Kier alpha value is -4.03. The second-order valence-corrected chi connectivity index (χ2v) is 10.5. The number of carboxylic acid groups (broad SMARTS) is 1. The van der Waals surface area contributed by atoms with Crippen LogP contribution < -0.4 is 15.5 Å². The topological polar surface area (TPSA) is 81.7 Å². The number of carbonyl (C=O) groups is 2. The molecule has 1 amide bonds. The van der Waals surface area contributed by atoms with E-state index in [2.05, 4.69) is 59.4 Å². The van der Waals surface area contributed by atoms with Crippen molar-refractivity contribution >= 4 is 34.7 Å². The molecule has 1 atom stereocenters. The first kappa shape index (κ1) is 29.0. The second kappa shape index (κ2) is 13.9. The molecule has 1 aliphatic carbocycles. The van der Waals surface area contributed by atoms with Gasteiger partial charge in [-0.15, -0.1) is 0 Å². The van der Waals surface area contributed by atoms with E-state index in [4.69, 9.17) is 16.7 Å². The third kappa shape index (κ3) is 7.99. The minimum Gasteiger partial charge on any atom is -0.481 e. The highest BCUT2D eigenvalue weighted by Gasteiger charge is 2.16. The van der Waals surface area contributed by atoms with Gasteiger partial charge in [-0.2, -0.15) is 0 Å². The Balaban J connectivity index is 1.52. The van der Waals surface area contributed by atoms with Crippen molar-refractivity contribution in [2.75, 3.05) is 11.4 Å². The quantitative estimate of drug-likeness (QED) is 0.217. The number of benzene rings is 3. The summed E-state index contributed by atoms with van der Waals surface area (Å²) >= 11 is 6.08. The standard InChI is InChI=1S/C33H36ClN3O3/c1-23(26-12-16-30(34)17-13-26)36-24(2)37(31-18-14-28(15-19-31)27-6-4-3-5-7-27)22-25-8-10-29(11-9-25)33(40)35-21-20-32(38)39/h6,8-19,23,36H,2-5,7,20-22H2,1H3,(H,35,40)(H,38,39). The Morgan fingerprint density at radius 1 is 1.00 bits per heavy atom. The van der Waals surface area contributed by atoms with Crippen molar-refractivity contribution in [3.63, 3.8) is 0 Å². The number of aliphatic carboxylic acids is 1. The maximum absolute atomic E-state index is 12.4. The van der Waals surface area contributed by atoms with Crippen molar-refractivity contribution in [1.29, 1.82) is 0 Å². The summed E-state index contributed by atoms with van der Waals surface area (Å²) in [7, 11) is 0. The van der Waals surface area contributed by atoms with Gasteiger partial charge in [0.15, 0.2) is 0 Å². The number of rotatable bonds is 12. The van der Waals surface area contributed by atoms with Crippen LogP contribution in [0.1, 0.15) is 72.1 Å². The van der Waals surface area contributed by atoms with E-state index in [1.54, 1.807) is 12.1 Å². The highest BCUT2D eigenvalue weighted by Crippen LogP contribution is 2.30. The summed E-state index contributed by atoms with van der Waals surface area (Å²) in [6.07, 6.45) is 6.99. The van der Waals surface area contributed by atoms with Crippen LogP contribution in [-0.4, -0.2) is 23.5 Å². The van der Waals surface area contributed by atoms with Crippen molar-refractivity contribution in [2.24, 2.45) is 0 Å². The second-order valence-electron chi connectivity index (χ2n) is 10.1. The third-order valence-electron chi connectivity index (χ3n) is 7.10. The SMILES string of the molecule is C=C(NC(C)c1ccc(Cl)cc1)N(Cc1ccc(C(=O)NCCC(=O)O)cc1)c1ccc(C2=CCCCC2)cc1. The lowest BCUT2D eigenvalue weighted by atomic mass is 9.93. The van der Waals surface area contributed by atoms with Gasteiger partial charge in [0.25, 0.3) is 5.91 Å². The summed E-state index contributed by atoms with van der Waals surface area (Å²) in [6, 6.07) is 23.8. The molecule has 0 saturated carbocycles. The van der Waals surface area contributed by atoms with Crippen molar-refractivity contribution in [3.8, 4) is 0 Å². The molecule has 0 radical (unpaired) electrons. The predicted octanol–water partition coefficient (Wildman–Crippen LogP) is 7.33. The van der Waals surface area contributed by atoms with Gasteiger partial charge in [0.2, 0.25) is 0 Å². The van der Waals surface area contributed by atoms with Gasteiger partial charge in [-0.05, 0) is 91.3 Å². The highest BCUT2D eigenvalue weighted by atomic mass is 35.5.